The summed E-state index contributed by atoms with van der Waals surface area (Å²) in [5, 5.41) is 3.30. The molecule has 6 heteroatoms. The zero-order chi connectivity index (χ0) is 17.8. The Kier molecular flexibility index (Phi) is 5.28. The van der Waals surface area contributed by atoms with Crippen LogP contribution in [0.4, 0.5) is 11.6 Å². The first kappa shape index (κ1) is 17.4. The topological polar surface area (TPSA) is 61.4 Å². The summed E-state index contributed by atoms with van der Waals surface area (Å²) in [5.41, 5.74) is 3.81. The number of carbonyl (C=O) groups is 1. The molecule has 1 N–H and O–H groups in total. The molecular weight excluding hydrogens is 314 g/mol. The summed E-state index contributed by atoms with van der Waals surface area (Å²) in [6.45, 7) is 7.44. The van der Waals surface area contributed by atoms with Gasteiger partial charge < -0.3 is 15.1 Å². The molecule has 25 heavy (non-hydrogen) atoms. The molecule has 0 saturated carbocycles. The van der Waals surface area contributed by atoms with Crippen molar-refractivity contribution in [2.45, 2.75) is 20.3 Å². The van der Waals surface area contributed by atoms with E-state index in [0.717, 1.165) is 43.9 Å². The largest absolute Gasteiger partial charge is 0.335 e. The highest BCUT2D eigenvalue weighted by Crippen LogP contribution is 2.23. The predicted octanol–water partition coefficient (Wildman–Crippen LogP) is 2.48. The van der Waals surface area contributed by atoms with E-state index in [0.29, 0.717) is 11.6 Å². The Morgan fingerprint density at radius 1 is 1.20 bits per heavy atom. The number of rotatable bonds is 4. The van der Waals surface area contributed by atoms with Gasteiger partial charge in [0.15, 0.2) is 0 Å². The molecule has 0 atom stereocenters. The number of nitrogens with zero attached hydrogens (tertiary/aromatic N) is 4. The van der Waals surface area contributed by atoms with Crippen LogP contribution < -0.4 is 5.32 Å². The molecule has 132 valence electrons. The SMILES string of the molecule is CCc1cccc(C)c1Nc1nccc(C(=O)N2CCN(C)CC2)n1. The van der Waals surface area contributed by atoms with E-state index in [4.69, 9.17) is 0 Å². The van der Waals surface area contributed by atoms with Crippen molar-refractivity contribution in [3.05, 3.63) is 47.3 Å². The van der Waals surface area contributed by atoms with E-state index in [1.165, 1.54) is 5.56 Å². The van der Waals surface area contributed by atoms with E-state index in [9.17, 15) is 4.79 Å². The number of hydrogen-bond donors (Lipinski definition) is 1. The van der Waals surface area contributed by atoms with Gasteiger partial charge in [-0.25, -0.2) is 9.97 Å². The number of likely N-dealkylation sites (N-methyl/N-ethyl adjacent to an activating group) is 1. The summed E-state index contributed by atoms with van der Waals surface area (Å²) in [7, 11) is 2.07. The lowest BCUT2D eigenvalue weighted by molar-refractivity contribution is 0.0658. The number of aryl methyl sites for hydroxylation is 2. The number of anilines is 2. The van der Waals surface area contributed by atoms with E-state index < -0.39 is 0 Å². The molecule has 2 heterocycles. The molecule has 1 aromatic heterocycles. The van der Waals surface area contributed by atoms with Crippen LogP contribution in [0.15, 0.2) is 30.5 Å². The molecule has 1 aromatic carbocycles. The zero-order valence-corrected chi connectivity index (χ0v) is 15.1. The standard InChI is InChI=1S/C19H25N5O/c1-4-15-7-5-6-14(2)17(15)22-19-20-9-8-16(21-19)18(25)24-12-10-23(3)11-13-24/h5-9H,4,10-13H2,1-3H3,(H,20,21,22). The van der Waals surface area contributed by atoms with E-state index >= 15 is 0 Å². The molecule has 1 saturated heterocycles. The van der Waals surface area contributed by atoms with Gasteiger partial charge in [0.1, 0.15) is 5.69 Å². The summed E-state index contributed by atoms with van der Waals surface area (Å²) in [4.78, 5) is 25.5. The molecule has 0 unspecified atom stereocenters. The predicted molar refractivity (Wildman–Crippen MR) is 99.3 cm³/mol. The van der Waals surface area contributed by atoms with Gasteiger partial charge in [-0.15, -0.1) is 0 Å². The van der Waals surface area contributed by atoms with E-state index in [1.807, 2.05) is 11.0 Å². The maximum atomic E-state index is 12.7. The van der Waals surface area contributed by atoms with Crippen LogP contribution in [-0.4, -0.2) is 58.9 Å². The minimum absolute atomic E-state index is 0.0287. The number of hydrogen-bond acceptors (Lipinski definition) is 5. The van der Waals surface area contributed by atoms with Crippen molar-refractivity contribution in [3.8, 4) is 0 Å². The molecule has 2 aromatic rings. The van der Waals surface area contributed by atoms with Crippen molar-refractivity contribution in [2.75, 3.05) is 38.5 Å². The number of benzene rings is 1. The normalized spacial score (nSPS) is 15.2. The number of nitrogens with one attached hydrogen (secondary N) is 1. The number of amides is 1. The van der Waals surface area contributed by atoms with Crippen LogP contribution in [-0.2, 0) is 6.42 Å². The molecule has 3 rings (SSSR count). The van der Waals surface area contributed by atoms with Gasteiger partial charge in [-0.1, -0.05) is 25.1 Å². The van der Waals surface area contributed by atoms with Crippen LogP contribution in [0.3, 0.4) is 0 Å². The lowest BCUT2D eigenvalue weighted by atomic mass is 10.1. The highest BCUT2D eigenvalue weighted by molar-refractivity contribution is 5.92. The molecule has 1 aliphatic rings. The zero-order valence-electron chi connectivity index (χ0n) is 15.1. The fourth-order valence-electron chi connectivity index (χ4n) is 3.02. The first-order chi connectivity index (χ1) is 12.1. The van der Waals surface area contributed by atoms with Crippen molar-refractivity contribution in [2.24, 2.45) is 0 Å². The summed E-state index contributed by atoms with van der Waals surface area (Å²) < 4.78 is 0. The van der Waals surface area contributed by atoms with Gasteiger partial charge in [0.05, 0.1) is 0 Å². The van der Waals surface area contributed by atoms with Gasteiger partial charge in [0.25, 0.3) is 5.91 Å². The average molecular weight is 339 g/mol. The molecule has 0 bridgehead atoms. The average Bonchev–Trinajstić information content (AvgIpc) is 2.63. The highest BCUT2D eigenvalue weighted by atomic mass is 16.2. The summed E-state index contributed by atoms with van der Waals surface area (Å²) in [6.07, 6.45) is 2.56. The minimum atomic E-state index is -0.0287. The van der Waals surface area contributed by atoms with Gasteiger partial charge in [-0.2, -0.15) is 0 Å². The van der Waals surface area contributed by atoms with E-state index in [1.54, 1.807) is 12.3 Å². The van der Waals surface area contributed by atoms with Crippen LogP contribution in [0.5, 0.6) is 0 Å². The second kappa shape index (κ2) is 7.61. The third-order valence-electron chi connectivity index (χ3n) is 4.64. The van der Waals surface area contributed by atoms with Crippen LogP contribution >= 0.6 is 0 Å². The van der Waals surface area contributed by atoms with Crippen molar-refractivity contribution < 1.29 is 4.79 Å². The Hall–Kier alpha value is -2.47. The van der Waals surface area contributed by atoms with Crippen LogP contribution in [0.1, 0.15) is 28.5 Å². The molecule has 0 aliphatic carbocycles. The number of aromatic nitrogens is 2. The van der Waals surface area contributed by atoms with Crippen LogP contribution in [0, 0.1) is 6.92 Å². The van der Waals surface area contributed by atoms with Crippen LogP contribution in [0.2, 0.25) is 0 Å². The summed E-state index contributed by atoms with van der Waals surface area (Å²) in [6, 6.07) is 7.88. The first-order valence-corrected chi connectivity index (χ1v) is 8.75. The summed E-state index contributed by atoms with van der Waals surface area (Å²) >= 11 is 0. The second-order valence-corrected chi connectivity index (χ2v) is 6.45. The first-order valence-electron chi connectivity index (χ1n) is 8.75. The van der Waals surface area contributed by atoms with Crippen molar-refractivity contribution in [3.63, 3.8) is 0 Å². The molecule has 0 spiro atoms. The van der Waals surface area contributed by atoms with Crippen molar-refractivity contribution >= 4 is 17.5 Å². The van der Waals surface area contributed by atoms with Gasteiger partial charge in [-0.05, 0) is 37.6 Å². The minimum Gasteiger partial charge on any atom is -0.335 e. The Bertz CT molecular complexity index is 753. The number of para-hydroxylation sites is 1. The van der Waals surface area contributed by atoms with Gasteiger partial charge in [0, 0.05) is 38.1 Å². The molecule has 1 fully saturated rings. The quantitative estimate of drug-likeness (QED) is 0.927. The van der Waals surface area contributed by atoms with Crippen molar-refractivity contribution in [1.29, 1.82) is 0 Å². The Labute approximate surface area is 148 Å². The highest BCUT2D eigenvalue weighted by Gasteiger charge is 2.21. The molecule has 6 nitrogen and oxygen atoms in total. The maximum Gasteiger partial charge on any atom is 0.272 e. The molecule has 1 aliphatic heterocycles. The van der Waals surface area contributed by atoms with Gasteiger partial charge >= 0.3 is 0 Å². The maximum absolute atomic E-state index is 12.7. The Morgan fingerprint density at radius 3 is 2.68 bits per heavy atom. The lowest BCUT2D eigenvalue weighted by Gasteiger charge is -2.32. The number of carbonyl (C=O) groups excluding carboxylic acids is 1. The Morgan fingerprint density at radius 2 is 1.96 bits per heavy atom. The van der Waals surface area contributed by atoms with Gasteiger partial charge in [0.2, 0.25) is 5.95 Å². The van der Waals surface area contributed by atoms with E-state index in [-0.39, 0.29) is 5.91 Å². The molecular formula is C19H25N5O. The van der Waals surface area contributed by atoms with Gasteiger partial charge in [-0.3, -0.25) is 4.79 Å². The Balaban J connectivity index is 1.79. The fraction of sp³-hybridized carbons (Fsp3) is 0.421. The van der Waals surface area contributed by atoms with E-state index in [2.05, 4.69) is 53.2 Å². The smallest absolute Gasteiger partial charge is 0.272 e. The summed E-state index contributed by atoms with van der Waals surface area (Å²) in [5.74, 6) is 0.433. The van der Waals surface area contributed by atoms with Crippen LogP contribution in [0.25, 0.3) is 0 Å². The third-order valence-corrected chi connectivity index (χ3v) is 4.64. The fourth-order valence-corrected chi connectivity index (χ4v) is 3.02. The third kappa shape index (κ3) is 3.96. The number of piperazine rings is 1. The monoisotopic (exact) mass is 339 g/mol. The molecule has 1 amide bonds. The second-order valence-electron chi connectivity index (χ2n) is 6.45. The van der Waals surface area contributed by atoms with Crippen molar-refractivity contribution in [1.82, 2.24) is 19.8 Å². The lowest BCUT2D eigenvalue weighted by Crippen LogP contribution is -2.47. The molecule has 0 radical (unpaired) electrons.